The zero-order valence-corrected chi connectivity index (χ0v) is 15.4. The molecular weight excluding hydrogens is 350 g/mol. The van der Waals surface area contributed by atoms with Gasteiger partial charge in [-0.05, 0) is 32.0 Å². The zero-order valence-electron chi connectivity index (χ0n) is 14.6. The predicted octanol–water partition coefficient (Wildman–Crippen LogP) is 3.75. The summed E-state index contributed by atoms with van der Waals surface area (Å²) in [5.74, 6) is 0.285. The smallest absolute Gasteiger partial charge is 0.198 e. The van der Waals surface area contributed by atoms with E-state index in [0.717, 1.165) is 19.6 Å². The number of halogens is 1. The molecular formula is C21H22ClNO3. The molecule has 4 rings (SSSR count). The van der Waals surface area contributed by atoms with Crippen LogP contribution in [0.5, 0.6) is 5.75 Å². The van der Waals surface area contributed by atoms with E-state index < -0.39 is 0 Å². The third kappa shape index (κ3) is 3.39. The summed E-state index contributed by atoms with van der Waals surface area (Å²) in [6.45, 7) is 3.60. The highest BCUT2D eigenvalue weighted by Crippen LogP contribution is 2.33. The van der Waals surface area contributed by atoms with Crippen molar-refractivity contribution >= 4 is 24.0 Å². The normalized spacial score (nSPS) is 16.5. The highest BCUT2D eigenvalue weighted by Gasteiger charge is 2.31. The Kier molecular flexibility index (Phi) is 5.74. The Balaban J connectivity index is 0.00000196. The number of likely N-dealkylation sites (tertiary alicyclic amines) is 1. The van der Waals surface area contributed by atoms with Crippen molar-refractivity contribution in [1.29, 1.82) is 0 Å². The van der Waals surface area contributed by atoms with Crippen molar-refractivity contribution in [3.63, 3.8) is 0 Å². The lowest BCUT2D eigenvalue weighted by atomic mass is 9.83. The Bertz CT molecular complexity index is 828. The molecule has 2 aromatic carbocycles. The van der Waals surface area contributed by atoms with Crippen LogP contribution in [0.15, 0.2) is 42.5 Å². The second-order valence-corrected chi connectivity index (χ2v) is 6.63. The third-order valence-corrected chi connectivity index (χ3v) is 5.03. The fourth-order valence-electron chi connectivity index (χ4n) is 3.70. The summed E-state index contributed by atoms with van der Waals surface area (Å²) in [6, 6.07) is 12.3. The summed E-state index contributed by atoms with van der Waals surface area (Å²) in [7, 11) is 0. The van der Waals surface area contributed by atoms with Crippen LogP contribution in [0.4, 0.5) is 0 Å². The number of ketones is 2. The van der Waals surface area contributed by atoms with E-state index in [4.69, 9.17) is 4.74 Å². The minimum atomic E-state index is -0.126. The van der Waals surface area contributed by atoms with Gasteiger partial charge in [-0.3, -0.25) is 14.5 Å². The molecule has 2 aliphatic rings. The molecule has 0 saturated carbocycles. The fourth-order valence-corrected chi connectivity index (χ4v) is 3.70. The van der Waals surface area contributed by atoms with Crippen LogP contribution < -0.4 is 4.74 Å². The Hall–Kier alpha value is -2.17. The molecule has 0 unspecified atom stereocenters. The van der Waals surface area contributed by atoms with Crippen molar-refractivity contribution in [2.45, 2.75) is 19.3 Å². The van der Waals surface area contributed by atoms with Crippen molar-refractivity contribution in [3.05, 3.63) is 64.7 Å². The van der Waals surface area contributed by atoms with E-state index in [1.54, 1.807) is 42.5 Å². The topological polar surface area (TPSA) is 46.6 Å². The summed E-state index contributed by atoms with van der Waals surface area (Å²) in [5, 5.41) is 0. The second-order valence-electron chi connectivity index (χ2n) is 6.63. The molecule has 1 aliphatic heterocycles. The van der Waals surface area contributed by atoms with Gasteiger partial charge in [-0.15, -0.1) is 12.4 Å². The van der Waals surface area contributed by atoms with Gasteiger partial charge in [-0.2, -0.15) is 0 Å². The molecule has 0 bridgehead atoms. The van der Waals surface area contributed by atoms with E-state index in [1.807, 2.05) is 0 Å². The number of ether oxygens (including phenoxy) is 1. The summed E-state index contributed by atoms with van der Waals surface area (Å²) in [5.41, 5.74) is 1.79. The summed E-state index contributed by atoms with van der Waals surface area (Å²) in [6.07, 6.45) is 3.79. The molecule has 0 radical (unpaired) electrons. The number of carbonyl (C=O) groups excluding carboxylic acids is 2. The Morgan fingerprint density at radius 1 is 0.808 bits per heavy atom. The monoisotopic (exact) mass is 371 g/mol. The average Bonchev–Trinajstić information content (AvgIpc) is 2.67. The van der Waals surface area contributed by atoms with Crippen molar-refractivity contribution in [2.75, 3.05) is 26.2 Å². The minimum absolute atomic E-state index is 0. The van der Waals surface area contributed by atoms with Crippen molar-refractivity contribution in [2.24, 2.45) is 0 Å². The minimum Gasteiger partial charge on any atom is -0.491 e. The molecule has 2 aromatic rings. The molecule has 0 spiro atoms. The van der Waals surface area contributed by atoms with E-state index in [1.165, 1.54) is 19.3 Å². The maximum absolute atomic E-state index is 12.9. The van der Waals surface area contributed by atoms with Gasteiger partial charge >= 0.3 is 0 Å². The van der Waals surface area contributed by atoms with Crippen molar-refractivity contribution in [1.82, 2.24) is 4.90 Å². The van der Waals surface area contributed by atoms with Gasteiger partial charge in [0, 0.05) is 23.2 Å². The van der Waals surface area contributed by atoms with Gasteiger partial charge in [0.1, 0.15) is 12.4 Å². The van der Waals surface area contributed by atoms with Crippen molar-refractivity contribution < 1.29 is 14.3 Å². The van der Waals surface area contributed by atoms with E-state index in [9.17, 15) is 9.59 Å². The standard InChI is InChI=1S/C21H21NO3.ClH/c23-20-15-7-2-3-8-16(15)21(24)19-17(20)9-6-10-18(19)25-14-13-22-11-4-1-5-12-22;/h2-3,6-10H,1,4-5,11-14H2;1H. The van der Waals surface area contributed by atoms with Gasteiger partial charge in [-0.1, -0.05) is 42.8 Å². The molecule has 1 fully saturated rings. The molecule has 0 N–H and O–H groups in total. The molecule has 4 nitrogen and oxygen atoms in total. The molecule has 0 aromatic heterocycles. The average molecular weight is 372 g/mol. The Morgan fingerprint density at radius 2 is 1.46 bits per heavy atom. The first-order valence-electron chi connectivity index (χ1n) is 8.92. The third-order valence-electron chi connectivity index (χ3n) is 5.03. The lowest BCUT2D eigenvalue weighted by Gasteiger charge is -2.26. The van der Waals surface area contributed by atoms with Crippen LogP contribution in [0, 0.1) is 0 Å². The number of rotatable bonds is 4. The van der Waals surface area contributed by atoms with Crippen molar-refractivity contribution in [3.8, 4) is 5.75 Å². The van der Waals surface area contributed by atoms with Crippen LogP contribution in [-0.2, 0) is 0 Å². The van der Waals surface area contributed by atoms with Gasteiger partial charge in [0.15, 0.2) is 11.6 Å². The number of carbonyl (C=O) groups is 2. The maximum atomic E-state index is 12.9. The first-order valence-corrected chi connectivity index (χ1v) is 8.92. The van der Waals surface area contributed by atoms with Crippen LogP contribution in [0.25, 0.3) is 0 Å². The summed E-state index contributed by atoms with van der Waals surface area (Å²) < 4.78 is 5.93. The van der Waals surface area contributed by atoms with Crippen LogP contribution >= 0.6 is 12.4 Å². The largest absolute Gasteiger partial charge is 0.491 e. The molecule has 26 heavy (non-hydrogen) atoms. The Morgan fingerprint density at radius 3 is 2.19 bits per heavy atom. The van der Waals surface area contributed by atoms with E-state index >= 15 is 0 Å². The van der Waals surface area contributed by atoms with Gasteiger partial charge in [-0.25, -0.2) is 0 Å². The molecule has 1 heterocycles. The Labute approximate surface area is 159 Å². The quantitative estimate of drug-likeness (QED) is 0.700. The van der Waals surface area contributed by atoms with Crippen LogP contribution in [0.2, 0.25) is 0 Å². The lowest BCUT2D eigenvalue weighted by Crippen LogP contribution is -2.33. The fraction of sp³-hybridized carbons (Fsp3) is 0.333. The number of benzene rings is 2. The van der Waals surface area contributed by atoms with Gasteiger partial charge < -0.3 is 4.74 Å². The number of hydrogen-bond donors (Lipinski definition) is 0. The molecule has 136 valence electrons. The molecule has 1 saturated heterocycles. The molecule has 0 atom stereocenters. The zero-order chi connectivity index (χ0) is 17.2. The first-order chi connectivity index (χ1) is 12.3. The summed E-state index contributed by atoms with van der Waals surface area (Å²) in [4.78, 5) is 28.0. The predicted molar refractivity (Wildman–Crippen MR) is 103 cm³/mol. The molecule has 1 aliphatic carbocycles. The van der Waals surface area contributed by atoms with E-state index in [-0.39, 0.29) is 24.0 Å². The second kappa shape index (κ2) is 8.02. The first kappa shape index (κ1) is 18.6. The van der Waals surface area contributed by atoms with Crippen LogP contribution in [-0.4, -0.2) is 42.7 Å². The van der Waals surface area contributed by atoms with Gasteiger partial charge in [0.25, 0.3) is 0 Å². The maximum Gasteiger partial charge on any atom is 0.198 e. The lowest BCUT2D eigenvalue weighted by molar-refractivity contribution is 0.0974. The van der Waals surface area contributed by atoms with Gasteiger partial charge in [0.05, 0.1) is 5.56 Å². The number of hydrogen-bond acceptors (Lipinski definition) is 4. The highest BCUT2D eigenvalue weighted by molar-refractivity contribution is 6.29. The SMILES string of the molecule is Cl.O=C1c2ccccc2C(=O)c2c(OCCN3CCCCC3)cccc21. The summed E-state index contributed by atoms with van der Waals surface area (Å²) >= 11 is 0. The number of nitrogens with zero attached hydrogens (tertiary/aromatic N) is 1. The van der Waals surface area contributed by atoms with Gasteiger partial charge in [0.2, 0.25) is 0 Å². The number of fused-ring (bicyclic) bond motifs is 2. The van der Waals surface area contributed by atoms with Crippen LogP contribution in [0.3, 0.4) is 0 Å². The number of piperidine rings is 1. The van der Waals surface area contributed by atoms with E-state index in [0.29, 0.717) is 34.6 Å². The molecule has 5 heteroatoms. The van der Waals surface area contributed by atoms with E-state index in [2.05, 4.69) is 4.90 Å². The van der Waals surface area contributed by atoms with Crippen LogP contribution in [0.1, 0.15) is 51.1 Å². The highest BCUT2D eigenvalue weighted by atomic mass is 35.5. The molecule has 0 amide bonds.